The molecule has 0 aliphatic rings. The van der Waals surface area contributed by atoms with E-state index in [2.05, 4.69) is 6.58 Å². The van der Waals surface area contributed by atoms with Crippen molar-refractivity contribution in [2.75, 3.05) is 5.75 Å². The average Bonchev–Trinajstić information content (AvgIpc) is 2.43. The highest BCUT2D eigenvalue weighted by Gasteiger charge is 2.12. The van der Waals surface area contributed by atoms with Crippen molar-refractivity contribution in [1.29, 1.82) is 0 Å². The van der Waals surface area contributed by atoms with Gasteiger partial charge in [0.15, 0.2) is 9.84 Å². The lowest BCUT2D eigenvalue weighted by Gasteiger charge is -2.09. The molecule has 1 aromatic carbocycles. The van der Waals surface area contributed by atoms with Crippen LogP contribution in [0.15, 0.2) is 53.0 Å². The zero-order valence-corrected chi connectivity index (χ0v) is 14.5. The molecule has 0 radical (unpaired) electrons. The lowest BCUT2D eigenvalue weighted by Crippen LogP contribution is -2.05. The normalized spacial score (nSPS) is 14.0. The van der Waals surface area contributed by atoms with Crippen LogP contribution in [-0.2, 0) is 9.84 Å². The van der Waals surface area contributed by atoms with Gasteiger partial charge in [-0.15, -0.1) is 11.6 Å². The number of allylic oxidation sites excluding steroid dienone is 2. The summed E-state index contributed by atoms with van der Waals surface area (Å²) in [5.41, 5.74) is 3.03. The van der Waals surface area contributed by atoms with Gasteiger partial charge >= 0.3 is 0 Å². The second-order valence-electron chi connectivity index (χ2n) is 5.50. The van der Waals surface area contributed by atoms with Gasteiger partial charge in [-0.05, 0) is 45.7 Å². The first-order valence-electron chi connectivity index (χ1n) is 6.97. The van der Waals surface area contributed by atoms with Crippen molar-refractivity contribution in [2.24, 2.45) is 0 Å². The second-order valence-corrected chi connectivity index (χ2v) is 8.06. The Morgan fingerprint density at radius 1 is 1.29 bits per heavy atom. The van der Waals surface area contributed by atoms with Gasteiger partial charge in [0.05, 0.1) is 16.0 Å². The molecule has 4 heteroatoms. The molecule has 1 rings (SSSR count). The van der Waals surface area contributed by atoms with E-state index in [1.165, 1.54) is 0 Å². The third-order valence-corrected chi connectivity index (χ3v) is 5.54. The number of aryl methyl sites for hydroxylation is 1. The van der Waals surface area contributed by atoms with Crippen LogP contribution in [0.25, 0.3) is 0 Å². The van der Waals surface area contributed by atoms with Crippen LogP contribution in [0.3, 0.4) is 0 Å². The molecular formula is C17H23ClO2S. The molecule has 2 nitrogen and oxygen atoms in total. The zero-order chi connectivity index (χ0) is 16.0. The second kappa shape index (κ2) is 7.81. The van der Waals surface area contributed by atoms with Gasteiger partial charge < -0.3 is 0 Å². The Morgan fingerprint density at radius 2 is 1.86 bits per heavy atom. The molecule has 1 atom stereocenters. The summed E-state index contributed by atoms with van der Waals surface area (Å²) in [6.45, 7) is 9.59. The van der Waals surface area contributed by atoms with Gasteiger partial charge in [0.25, 0.3) is 0 Å². The first kappa shape index (κ1) is 18.0. The molecule has 21 heavy (non-hydrogen) atoms. The smallest absolute Gasteiger partial charge is 0.181 e. The molecule has 1 unspecified atom stereocenters. The highest BCUT2D eigenvalue weighted by atomic mass is 35.5. The van der Waals surface area contributed by atoms with Crippen molar-refractivity contribution < 1.29 is 8.42 Å². The molecule has 116 valence electrons. The molecule has 0 aliphatic carbocycles. The molecule has 0 fully saturated rings. The zero-order valence-electron chi connectivity index (χ0n) is 12.9. The lowest BCUT2D eigenvalue weighted by molar-refractivity contribution is 0.599. The Hall–Kier alpha value is -1.06. The third kappa shape index (κ3) is 6.06. The van der Waals surface area contributed by atoms with Crippen LogP contribution in [0, 0.1) is 6.92 Å². The van der Waals surface area contributed by atoms with Gasteiger partial charge in [0.2, 0.25) is 0 Å². The van der Waals surface area contributed by atoms with Crippen molar-refractivity contribution in [1.82, 2.24) is 0 Å². The average molecular weight is 327 g/mol. The monoisotopic (exact) mass is 326 g/mol. The lowest BCUT2D eigenvalue weighted by atomic mass is 10.1. The minimum atomic E-state index is -3.25. The van der Waals surface area contributed by atoms with Crippen LogP contribution in [0.4, 0.5) is 0 Å². The SMILES string of the molecule is C=C(C)C(Cl)CC/C(C)=C/CS(=O)(=O)c1ccc(C)cc1. The van der Waals surface area contributed by atoms with Crippen LogP contribution in [0.5, 0.6) is 0 Å². The van der Waals surface area contributed by atoms with Crippen molar-refractivity contribution in [3.63, 3.8) is 0 Å². The summed E-state index contributed by atoms with van der Waals surface area (Å²) in [6, 6.07) is 6.94. The summed E-state index contributed by atoms with van der Waals surface area (Å²) < 4.78 is 24.4. The molecular weight excluding hydrogens is 304 g/mol. The van der Waals surface area contributed by atoms with Crippen molar-refractivity contribution >= 4 is 21.4 Å². The molecule has 0 aromatic heterocycles. The standard InChI is InChI=1S/C17H23ClO2S/c1-13(2)17(18)10-7-15(4)11-12-21(19,20)16-8-5-14(3)6-9-16/h5-6,8-9,11,17H,1,7,10,12H2,2-4H3/b15-11+. The molecule has 0 amide bonds. The van der Waals surface area contributed by atoms with Crippen LogP contribution < -0.4 is 0 Å². The quantitative estimate of drug-likeness (QED) is 0.538. The number of benzene rings is 1. The van der Waals surface area contributed by atoms with Crippen LogP contribution in [0.2, 0.25) is 0 Å². The summed E-state index contributed by atoms with van der Waals surface area (Å²) in [5, 5.41) is -0.0537. The fraction of sp³-hybridized carbons (Fsp3) is 0.412. The minimum absolute atomic E-state index is 0.0297. The van der Waals surface area contributed by atoms with Crippen molar-refractivity contribution in [3.8, 4) is 0 Å². The van der Waals surface area contributed by atoms with Crippen molar-refractivity contribution in [2.45, 2.75) is 43.9 Å². The number of hydrogen-bond acceptors (Lipinski definition) is 2. The molecule has 0 bridgehead atoms. The predicted octanol–water partition coefficient (Wildman–Crippen LogP) is 4.68. The number of rotatable bonds is 7. The maximum Gasteiger partial charge on any atom is 0.181 e. The van der Waals surface area contributed by atoms with E-state index < -0.39 is 9.84 Å². The molecule has 1 aromatic rings. The molecule has 0 N–H and O–H groups in total. The fourth-order valence-electron chi connectivity index (χ4n) is 1.80. The first-order chi connectivity index (χ1) is 9.72. The van der Waals surface area contributed by atoms with E-state index >= 15 is 0 Å². The van der Waals surface area contributed by atoms with E-state index in [9.17, 15) is 8.42 Å². The van der Waals surface area contributed by atoms with E-state index in [1.54, 1.807) is 18.2 Å². The first-order valence-corrected chi connectivity index (χ1v) is 9.06. The molecule has 0 aliphatic heterocycles. The Balaban J connectivity index is 2.65. The predicted molar refractivity (Wildman–Crippen MR) is 90.7 cm³/mol. The summed E-state index contributed by atoms with van der Waals surface area (Å²) in [4.78, 5) is 0.370. The third-order valence-electron chi connectivity index (χ3n) is 3.36. The molecule has 0 saturated carbocycles. The Bertz CT molecular complexity index is 613. The van der Waals surface area contributed by atoms with Crippen LogP contribution >= 0.6 is 11.6 Å². The summed E-state index contributed by atoms with van der Waals surface area (Å²) in [5.74, 6) is 0.0297. The van der Waals surface area contributed by atoms with Gasteiger partial charge in [-0.1, -0.05) is 41.5 Å². The number of halogens is 1. The van der Waals surface area contributed by atoms with Gasteiger partial charge in [0, 0.05) is 0 Å². The highest BCUT2D eigenvalue weighted by Crippen LogP contribution is 2.18. The van der Waals surface area contributed by atoms with Gasteiger partial charge in [0.1, 0.15) is 0 Å². The molecule has 0 spiro atoms. The maximum atomic E-state index is 12.2. The van der Waals surface area contributed by atoms with Gasteiger partial charge in [-0.25, -0.2) is 8.42 Å². The van der Waals surface area contributed by atoms with E-state index in [4.69, 9.17) is 11.6 Å². The van der Waals surface area contributed by atoms with Crippen LogP contribution in [-0.4, -0.2) is 19.5 Å². The molecule has 0 heterocycles. The van der Waals surface area contributed by atoms with Gasteiger partial charge in [-0.3, -0.25) is 0 Å². The Kier molecular flexibility index (Phi) is 6.69. The number of sulfone groups is 1. The highest BCUT2D eigenvalue weighted by molar-refractivity contribution is 7.91. The summed E-state index contributed by atoms with van der Waals surface area (Å²) in [6.07, 6.45) is 3.34. The fourth-order valence-corrected chi connectivity index (χ4v) is 3.15. The van der Waals surface area contributed by atoms with E-state index in [-0.39, 0.29) is 11.1 Å². The largest absolute Gasteiger partial charge is 0.223 e. The van der Waals surface area contributed by atoms with Gasteiger partial charge in [-0.2, -0.15) is 0 Å². The topological polar surface area (TPSA) is 34.1 Å². The van der Waals surface area contributed by atoms with Crippen molar-refractivity contribution in [3.05, 3.63) is 53.6 Å². The van der Waals surface area contributed by atoms with E-state index in [0.717, 1.165) is 29.6 Å². The summed E-state index contributed by atoms with van der Waals surface area (Å²) >= 11 is 6.12. The minimum Gasteiger partial charge on any atom is -0.223 e. The number of alkyl halides is 1. The Morgan fingerprint density at radius 3 is 2.38 bits per heavy atom. The van der Waals surface area contributed by atoms with E-state index in [1.807, 2.05) is 32.9 Å². The van der Waals surface area contributed by atoms with E-state index in [0.29, 0.717) is 4.90 Å². The summed E-state index contributed by atoms with van der Waals surface area (Å²) in [7, 11) is -3.25. The molecule has 0 saturated heterocycles. The maximum absolute atomic E-state index is 12.2. The Labute approximate surface area is 133 Å². The van der Waals surface area contributed by atoms with Crippen LogP contribution in [0.1, 0.15) is 32.3 Å². The number of hydrogen-bond donors (Lipinski definition) is 0.